The number of halogens is 1. The minimum absolute atomic E-state index is 0.0973. The maximum absolute atomic E-state index is 5.88. The third-order valence-corrected chi connectivity index (χ3v) is 5.24. The normalized spacial score (nSPS) is 14.2. The zero-order valence-electron chi connectivity index (χ0n) is 16.8. The zero-order chi connectivity index (χ0) is 19.9. The van der Waals surface area contributed by atoms with E-state index in [0.29, 0.717) is 13.2 Å². The van der Waals surface area contributed by atoms with Gasteiger partial charge in [0.25, 0.3) is 0 Å². The van der Waals surface area contributed by atoms with Crippen LogP contribution in [0.5, 0.6) is 11.5 Å². The molecule has 0 aliphatic carbocycles. The Bertz CT molecular complexity index is 759. The number of benzene rings is 2. The zero-order valence-corrected chi connectivity index (χ0v) is 18.4. The molecule has 152 valence electrons. The van der Waals surface area contributed by atoms with Crippen molar-refractivity contribution < 1.29 is 14.2 Å². The molecule has 0 aromatic heterocycles. The van der Waals surface area contributed by atoms with Crippen molar-refractivity contribution >= 4 is 27.3 Å². The monoisotopic (exact) mass is 448 g/mol. The first-order chi connectivity index (χ1) is 13.6. The summed E-state index contributed by atoms with van der Waals surface area (Å²) in [5, 5.41) is 3.49. The van der Waals surface area contributed by atoms with E-state index >= 15 is 0 Å². The van der Waals surface area contributed by atoms with Crippen LogP contribution in [0, 0.1) is 0 Å². The van der Waals surface area contributed by atoms with Gasteiger partial charge in [-0.1, -0.05) is 15.9 Å². The highest BCUT2D eigenvalue weighted by Crippen LogP contribution is 2.35. The lowest BCUT2D eigenvalue weighted by Gasteiger charge is -2.29. The molecule has 2 aromatic rings. The summed E-state index contributed by atoms with van der Waals surface area (Å²) in [4.78, 5) is 2.35. The summed E-state index contributed by atoms with van der Waals surface area (Å²) >= 11 is 3.67. The van der Waals surface area contributed by atoms with Crippen LogP contribution in [0.3, 0.4) is 0 Å². The van der Waals surface area contributed by atoms with Crippen LogP contribution in [0.15, 0.2) is 40.9 Å². The summed E-state index contributed by atoms with van der Waals surface area (Å²) in [6, 6.07) is 12.6. The number of morpholine rings is 1. The van der Waals surface area contributed by atoms with Crippen LogP contribution >= 0.6 is 15.9 Å². The molecule has 1 saturated heterocycles. The van der Waals surface area contributed by atoms with Gasteiger partial charge in [-0.05, 0) is 62.7 Å². The predicted molar refractivity (Wildman–Crippen MR) is 118 cm³/mol. The predicted octanol–water partition coefficient (Wildman–Crippen LogP) is 5.08. The van der Waals surface area contributed by atoms with E-state index in [9.17, 15) is 0 Å². The van der Waals surface area contributed by atoms with E-state index < -0.39 is 0 Å². The van der Waals surface area contributed by atoms with Crippen molar-refractivity contribution in [3.05, 3.63) is 46.4 Å². The van der Waals surface area contributed by atoms with Gasteiger partial charge in [0.05, 0.1) is 25.9 Å². The van der Waals surface area contributed by atoms with Gasteiger partial charge >= 0.3 is 0 Å². The molecule has 0 radical (unpaired) electrons. The van der Waals surface area contributed by atoms with Gasteiger partial charge < -0.3 is 24.4 Å². The average Bonchev–Trinajstić information content (AvgIpc) is 2.70. The van der Waals surface area contributed by atoms with Crippen molar-refractivity contribution in [1.82, 2.24) is 0 Å². The largest absolute Gasteiger partial charge is 0.490 e. The molecule has 6 heteroatoms. The first-order valence-electron chi connectivity index (χ1n) is 9.85. The average molecular weight is 449 g/mol. The summed E-state index contributed by atoms with van der Waals surface area (Å²) < 4.78 is 18.1. The van der Waals surface area contributed by atoms with E-state index in [1.165, 1.54) is 5.69 Å². The maximum Gasteiger partial charge on any atom is 0.162 e. The molecule has 0 spiro atoms. The number of nitrogens with one attached hydrogen (secondary N) is 1. The second-order valence-electron chi connectivity index (χ2n) is 6.99. The molecule has 0 atom stereocenters. The quantitative estimate of drug-likeness (QED) is 0.609. The summed E-state index contributed by atoms with van der Waals surface area (Å²) in [6.45, 7) is 10.8. The van der Waals surface area contributed by atoms with Crippen molar-refractivity contribution in [1.29, 1.82) is 0 Å². The Balaban J connectivity index is 1.67. The van der Waals surface area contributed by atoms with Gasteiger partial charge in [-0.25, -0.2) is 0 Å². The van der Waals surface area contributed by atoms with Crippen LogP contribution in [-0.4, -0.2) is 39.0 Å². The summed E-state index contributed by atoms with van der Waals surface area (Å²) in [5.41, 5.74) is 3.45. The first-order valence-corrected chi connectivity index (χ1v) is 10.6. The number of hydrogen-bond acceptors (Lipinski definition) is 5. The van der Waals surface area contributed by atoms with Crippen LogP contribution in [-0.2, 0) is 11.3 Å². The van der Waals surface area contributed by atoms with Gasteiger partial charge in [-0.3, -0.25) is 0 Å². The Morgan fingerprint density at radius 1 is 1.11 bits per heavy atom. The summed E-state index contributed by atoms with van der Waals surface area (Å²) in [6.07, 6.45) is 0.0973. The minimum atomic E-state index is 0.0973. The van der Waals surface area contributed by atoms with E-state index in [1.54, 1.807) is 0 Å². The van der Waals surface area contributed by atoms with Crippen molar-refractivity contribution in [2.75, 3.05) is 43.1 Å². The summed E-state index contributed by atoms with van der Waals surface area (Å²) in [5.74, 6) is 1.54. The number of ether oxygens (including phenoxy) is 3. The third kappa shape index (κ3) is 5.55. The highest BCUT2D eigenvalue weighted by atomic mass is 79.9. The molecule has 2 aromatic carbocycles. The molecular formula is C22H29BrN2O3. The van der Waals surface area contributed by atoms with Crippen LogP contribution < -0.4 is 19.7 Å². The van der Waals surface area contributed by atoms with E-state index in [0.717, 1.165) is 53.5 Å². The molecule has 3 rings (SSSR count). The molecule has 1 heterocycles. The maximum atomic E-state index is 5.88. The van der Waals surface area contributed by atoms with E-state index in [-0.39, 0.29) is 6.10 Å². The van der Waals surface area contributed by atoms with Gasteiger partial charge in [0, 0.05) is 35.5 Å². The molecular weight excluding hydrogens is 420 g/mol. The lowest BCUT2D eigenvalue weighted by Crippen LogP contribution is -2.36. The summed E-state index contributed by atoms with van der Waals surface area (Å²) in [7, 11) is 0. The van der Waals surface area contributed by atoms with Gasteiger partial charge in [0.15, 0.2) is 11.5 Å². The fraction of sp³-hybridized carbons (Fsp3) is 0.455. The number of rotatable bonds is 8. The van der Waals surface area contributed by atoms with Gasteiger partial charge in [-0.15, -0.1) is 0 Å². The molecule has 1 fully saturated rings. The number of hydrogen-bond donors (Lipinski definition) is 1. The number of anilines is 2. The lowest BCUT2D eigenvalue weighted by molar-refractivity contribution is 0.122. The van der Waals surface area contributed by atoms with Crippen LogP contribution in [0.25, 0.3) is 0 Å². The minimum Gasteiger partial charge on any atom is -0.490 e. The van der Waals surface area contributed by atoms with E-state index in [4.69, 9.17) is 14.2 Å². The van der Waals surface area contributed by atoms with Crippen LogP contribution in [0.4, 0.5) is 11.4 Å². The Morgan fingerprint density at radius 3 is 2.46 bits per heavy atom. The molecule has 0 saturated carbocycles. The molecule has 0 unspecified atom stereocenters. The molecule has 5 nitrogen and oxygen atoms in total. The second kappa shape index (κ2) is 10.0. The van der Waals surface area contributed by atoms with Gasteiger partial charge in [-0.2, -0.15) is 0 Å². The highest BCUT2D eigenvalue weighted by molar-refractivity contribution is 9.10. The van der Waals surface area contributed by atoms with Gasteiger partial charge in [0.2, 0.25) is 0 Å². The highest BCUT2D eigenvalue weighted by Gasteiger charge is 2.13. The van der Waals surface area contributed by atoms with Crippen molar-refractivity contribution in [2.45, 2.75) is 33.4 Å². The molecule has 1 N–H and O–H groups in total. The smallest absolute Gasteiger partial charge is 0.162 e. The Hall–Kier alpha value is -1.92. The Kier molecular flexibility index (Phi) is 7.45. The van der Waals surface area contributed by atoms with Gasteiger partial charge in [0.1, 0.15) is 0 Å². The standard InChI is InChI=1S/C22H29BrN2O3/c1-4-27-21-13-17(20(23)14-22(21)28-16(2)3)15-24-18-5-7-19(8-6-18)25-9-11-26-12-10-25/h5-8,13-14,16,24H,4,9-12,15H2,1-3H3. The Labute approximate surface area is 176 Å². The second-order valence-corrected chi connectivity index (χ2v) is 7.84. The van der Waals surface area contributed by atoms with Crippen LogP contribution in [0.2, 0.25) is 0 Å². The fourth-order valence-electron chi connectivity index (χ4n) is 3.14. The van der Waals surface area contributed by atoms with E-state index in [1.807, 2.05) is 32.9 Å². The lowest BCUT2D eigenvalue weighted by atomic mass is 10.2. The van der Waals surface area contributed by atoms with E-state index in [2.05, 4.69) is 50.4 Å². The molecule has 28 heavy (non-hydrogen) atoms. The fourth-order valence-corrected chi connectivity index (χ4v) is 3.60. The van der Waals surface area contributed by atoms with Crippen LogP contribution in [0.1, 0.15) is 26.3 Å². The SMILES string of the molecule is CCOc1cc(CNc2ccc(N3CCOCC3)cc2)c(Br)cc1OC(C)C. The van der Waals surface area contributed by atoms with Crippen molar-refractivity contribution in [3.8, 4) is 11.5 Å². The number of nitrogens with zero attached hydrogens (tertiary/aromatic N) is 1. The molecule has 0 amide bonds. The molecule has 0 bridgehead atoms. The third-order valence-electron chi connectivity index (χ3n) is 4.50. The molecule has 1 aliphatic rings. The topological polar surface area (TPSA) is 43.0 Å². The van der Waals surface area contributed by atoms with Crippen molar-refractivity contribution in [3.63, 3.8) is 0 Å². The van der Waals surface area contributed by atoms with Crippen molar-refractivity contribution in [2.24, 2.45) is 0 Å². The Morgan fingerprint density at radius 2 is 1.82 bits per heavy atom. The first kappa shape index (κ1) is 20.8. The molecule has 1 aliphatic heterocycles.